The van der Waals surface area contributed by atoms with E-state index in [9.17, 15) is 0 Å². The van der Waals surface area contributed by atoms with Gasteiger partial charge in [-0.2, -0.15) is 0 Å². The molecule has 1 fully saturated rings. The van der Waals surface area contributed by atoms with Crippen LogP contribution in [0.3, 0.4) is 0 Å². The normalized spacial score (nSPS) is 32.4. The zero-order chi connectivity index (χ0) is 14.7. The summed E-state index contributed by atoms with van der Waals surface area (Å²) < 4.78 is 21.2. The fourth-order valence-electron chi connectivity index (χ4n) is 2.34. The summed E-state index contributed by atoms with van der Waals surface area (Å²) in [6, 6.07) is 20.3. The molecule has 19 heavy (non-hydrogen) atoms. The highest BCUT2D eigenvalue weighted by Crippen LogP contribution is 2.55. The third kappa shape index (κ3) is 2.87. The van der Waals surface area contributed by atoms with Crippen molar-refractivity contribution in [2.45, 2.75) is 18.3 Å². The van der Waals surface area contributed by atoms with Gasteiger partial charge < -0.3 is 9.85 Å². The molecule has 3 heteroatoms. The van der Waals surface area contributed by atoms with Gasteiger partial charge in [0.25, 0.3) is 0 Å². The zero-order valence-corrected chi connectivity index (χ0v) is 11.4. The Morgan fingerprint density at radius 2 is 1.79 bits per heavy atom. The summed E-state index contributed by atoms with van der Waals surface area (Å²) in [5.74, 6) is 0. The molecule has 0 aromatic heterocycles. The van der Waals surface area contributed by atoms with E-state index < -0.39 is 20.6 Å². The fraction of sp³-hybridized carbons (Fsp3) is 0.250. The average Bonchev–Trinajstić information content (AvgIpc) is 2.56. The number of ether oxygens (including phenoxy) is 1. The third-order valence-corrected chi connectivity index (χ3v) is 5.81. The molecular weight excluding hydrogens is 255 g/mol. The van der Waals surface area contributed by atoms with Crippen molar-refractivity contribution in [3.8, 4) is 0 Å². The lowest BCUT2D eigenvalue weighted by atomic mass is 10.1. The SMILES string of the molecule is [2H]OC1OCP(c2ccccc2)C(c2ccccc2)C1[2H]. The fourth-order valence-corrected chi connectivity index (χ4v) is 4.71. The van der Waals surface area contributed by atoms with E-state index in [0.717, 1.165) is 5.56 Å². The third-order valence-electron chi connectivity index (χ3n) is 3.28. The number of aliphatic hydroxyl groups is 1. The minimum atomic E-state index is -0.780. The van der Waals surface area contributed by atoms with Crippen LogP contribution in [0.5, 0.6) is 0 Å². The number of aliphatic hydroxyl groups excluding tert-OH is 1. The standard InChI is InChI=1S/C16H17O2P/c17-16-11-15(13-7-3-1-4-8-13)19(12-18-16)14-9-5-2-6-10-14/h1-10,15-17H,11-12H2/i11D,17D. The minimum Gasteiger partial charge on any atom is -0.368 e. The predicted octanol–water partition coefficient (Wildman–Crippen LogP) is 3.23. The first-order chi connectivity index (χ1) is 10.3. The predicted molar refractivity (Wildman–Crippen MR) is 78.8 cm³/mol. The van der Waals surface area contributed by atoms with Crippen molar-refractivity contribution >= 4 is 13.2 Å². The Balaban J connectivity index is 1.98. The van der Waals surface area contributed by atoms with Gasteiger partial charge in [-0.25, -0.2) is 0 Å². The second kappa shape index (κ2) is 5.83. The molecule has 2 aromatic rings. The topological polar surface area (TPSA) is 29.5 Å². The molecule has 1 N–H and O–H groups in total. The number of hydrogen-bond acceptors (Lipinski definition) is 2. The highest BCUT2D eigenvalue weighted by Gasteiger charge is 2.31. The molecule has 3 rings (SSSR count). The van der Waals surface area contributed by atoms with Crippen LogP contribution < -0.4 is 5.30 Å². The van der Waals surface area contributed by atoms with Crippen molar-refractivity contribution in [3.05, 3.63) is 66.2 Å². The van der Waals surface area contributed by atoms with E-state index in [0.29, 0.717) is 6.35 Å². The zero-order valence-electron chi connectivity index (χ0n) is 12.5. The largest absolute Gasteiger partial charge is 0.368 e. The average molecular weight is 274 g/mol. The first kappa shape index (κ1) is 10.6. The van der Waals surface area contributed by atoms with E-state index in [1.54, 1.807) is 0 Å². The molecule has 1 aliphatic heterocycles. The van der Waals surface area contributed by atoms with E-state index in [1.807, 2.05) is 36.4 Å². The van der Waals surface area contributed by atoms with Gasteiger partial charge in [-0.1, -0.05) is 60.7 Å². The number of hydrogen-bond donors (Lipinski definition) is 1. The summed E-state index contributed by atoms with van der Waals surface area (Å²) in [6.07, 6.45) is -0.847. The Morgan fingerprint density at radius 3 is 2.47 bits per heavy atom. The van der Waals surface area contributed by atoms with Crippen LogP contribution in [0.25, 0.3) is 0 Å². The second-order valence-corrected chi connectivity index (χ2v) is 6.79. The second-order valence-electron chi connectivity index (χ2n) is 4.52. The maximum absolute atomic E-state index is 8.45. The van der Waals surface area contributed by atoms with E-state index in [2.05, 4.69) is 29.4 Å². The lowest BCUT2D eigenvalue weighted by Gasteiger charge is -2.35. The Kier molecular flexibility index (Phi) is 3.24. The Bertz CT molecular complexity index is 567. The molecule has 0 spiro atoms. The van der Waals surface area contributed by atoms with E-state index in [-0.39, 0.29) is 5.66 Å². The van der Waals surface area contributed by atoms with Gasteiger partial charge in [0.15, 0.2) is 6.29 Å². The highest BCUT2D eigenvalue weighted by atomic mass is 31.1. The summed E-state index contributed by atoms with van der Waals surface area (Å²) >= 11 is 0. The van der Waals surface area contributed by atoms with Crippen molar-refractivity contribution in [2.75, 3.05) is 6.35 Å². The van der Waals surface area contributed by atoms with Crippen molar-refractivity contribution in [1.82, 2.24) is 0 Å². The Labute approximate surface area is 117 Å². The Morgan fingerprint density at radius 1 is 1.11 bits per heavy atom. The summed E-state index contributed by atoms with van der Waals surface area (Å²) in [5, 5.41) is 5.81. The van der Waals surface area contributed by atoms with Crippen LogP contribution in [0.1, 0.15) is 19.0 Å². The summed E-state index contributed by atoms with van der Waals surface area (Å²) in [4.78, 5) is 0. The van der Waals surface area contributed by atoms with Gasteiger partial charge in [0.05, 0.1) is 6.35 Å². The molecule has 2 nitrogen and oxygen atoms in total. The smallest absolute Gasteiger partial charge is 0.213 e. The lowest BCUT2D eigenvalue weighted by molar-refractivity contribution is -0.0928. The minimum absolute atomic E-state index is 0.0210. The molecule has 4 unspecified atom stereocenters. The van der Waals surface area contributed by atoms with Crippen LogP contribution in [0.2, 0.25) is 0 Å². The van der Waals surface area contributed by atoms with Gasteiger partial charge >= 0.3 is 0 Å². The lowest BCUT2D eigenvalue weighted by Crippen LogP contribution is -2.26. The van der Waals surface area contributed by atoms with Gasteiger partial charge in [-0.15, -0.1) is 0 Å². The summed E-state index contributed by atoms with van der Waals surface area (Å²) in [5.41, 5.74) is 1.14. The van der Waals surface area contributed by atoms with Gasteiger partial charge in [-0.05, 0) is 18.8 Å². The molecule has 0 saturated carbocycles. The molecule has 4 atom stereocenters. The van der Waals surface area contributed by atoms with Gasteiger partial charge in [0.1, 0.15) is 0 Å². The molecule has 98 valence electrons. The van der Waals surface area contributed by atoms with Gasteiger partial charge in [0.2, 0.25) is 1.43 Å². The molecular formula is C16H17O2P. The quantitative estimate of drug-likeness (QED) is 0.871. The molecule has 0 aliphatic carbocycles. The first-order valence-corrected chi connectivity index (χ1v) is 7.93. The molecule has 1 aliphatic rings. The van der Waals surface area contributed by atoms with Crippen molar-refractivity contribution < 1.29 is 11.2 Å². The van der Waals surface area contributed by atoms with E-state index in [1.165, 1.54) is 5.30 Å². The Hall–Kier alpha value is -1.21. The van der Waals surface area contributed by atoms with Crippen LogP contribution >= 0.6 is 7.92 Å². The number of benzene rings is 2. The van der Waals surface area contributed by atoms with Crippen LogP contribution in [-0.4, -0.2) is 19.2 Å². The maximum atomic E-state index is 8.45. The van der Waals surface area contributed by atoms with Crippen molar-refractivity contribution in [2.24, 2.45) is 0 Å². The van der Waals surface area contributed by atoms with Crippen LogP contribution in [0.4, 0.5) is 0 Å². The van der Waals surface area contributed by atoms with Gasteiger partial charge in [0, 0.05) is 13.4 Å². The van der Waals surface area contributed by atoms with Gasteiger partial charge in [-0.3, -0.25) is 0 Å². The molecule has 0 bridgehead atoms. The molecule has 0 radical (unpaired) electrons. The number of rotatable bonds is 3. The monoisotopic (exact) mass is 274 g/mol. The summed E-state index contributed by atoms with van der Waals surface area (Å²) in [6.45, 7) is 0. The van der Waals surface area contributed by atoms with Crippen LogP contribution in [-0.2, 0) is 4.74 Å². The maximum Gasteiger partial charge on any atom is 0.213 e. The van der Waals surface area contributed by atoms with Crippen LogP contribution in [0, 0.1) is 0 Å². The van der Waals surface area contributed by atoms with Crippen molar-refractivity contribution in [1.29, 1.82) is 1.43 Å². The molecule has 0 amide bonds. The van der Waals surface area contributed by atoms with E-state index >= 15 is 0 Å². The molecule has 1 saturated heterocycles. The van der Waals surface area contributed by atoms with Crippen LogP contribution in [0.15, 0.2) is 60.7 Å². The molecule has 1 heterocycles. The summed E-state index contributed by atoms with van der Waals surface area (Å²) in [7, 11) is -0.651. The molecule has 2 aromatic carbocycles. The highest BCUT2D eigenvalue weighted by molar-refractivity contribution is 7.65. The van der Waals surface area contributed by atoms with E-state index in [4.69, 9.17) is 7.54 Å². The first-order valence-electron chi connectivity index (χ1n) is 7.32. The van der Waals surface area contributed by atoms with Crippen molar-refractivity contribution in [3.63, 3.8) is 0 Å².